The first-order chi connectivity index (χ1) is 13.9. The first-order valence-electron chi connectivity index (χ1n) is 9.05. The topological polar surface area (TPSA) is 84.2 Å². The summed E-state index contributed by atoms with van der Waals surface area (Å²) in [4.78, 5) is 25.0. The highest BCUT2D eigenvalue weighted by atomic mass is 16.6. The van der Waals surface area contributed by atoms with Gasteiger partial charge in [0.25, 0.3) is 0 Å². The maximum Gasteiger partial charge on any atom is 0.344 e. The smallest absolute Gasteiger partial charge is 0.344 e. The summed E-state index contributed by atoms with van der Waals surface area (Å²) in [5.74, 6) is 0.530. The molecular formula is C22H22O7. The van der Waals surface area contributed by atoms with Crippen molar-refractivity contribution in [1.82, 2.24) is 0 Å². The van der Waals surface area contributed by atoms with E-state index in [1.807, 2.05) is 0 Å². The van der Waals surface area contributed by atoms with Gasteiger partial charge in [0.15, 0.2) is 23.9 Å². The highest BCUT2D eigenvalue weighted by Crippen LogP contribution is 2.36. The molecule has 0 saturated heterocycles. The molecule has 2 aromatic carbocycles. The Bertz CT molecular complexity index is 1080. The van der Waals surface area contributed by atoms with Gasteiger partial charge < -0.3 is 23.4 Å². The van der Waals surface area contributed by atoms with Gasteiger partial charge in [-0.2, -0.15) is 0 Å². The van der Waals surface area contributed by atoms with Gasteiger partial charge in [0, 0.05) is 5.56 Å². The molecule has 0 amide bonds. The van der Waals surface area contributed by atoms with Crippen LogP contribution in [0.2, 0.25) is 0 Å². The first kappa shape index (κ1) is 20.3. The van der Waals surface area contributed by atoms with Gasteiger partial charge in [-0.15, -0.1) is 0 Å². The number of ether oxygens (including phenoxy) is 4. The van der Waals surface area contributed by atoms with E-state index in [2.05, 4.69) is 0 Å². The van der Waals surface area contributed by atoms with Crippen LogP contribution in [0, 0.1) is 0 Å². The first-order valence-corrected chi connectivity index (χ1v) is 9.05. The third-order valence-corrected chi connectivity index (χ3v) is 4.10. The molecule has 0 atom stereocenters. The van der Waals surface area contributed by atoms with E-state index in [1.54, 1.807) is 56.3 Å². The molecule has 0 bridgehead atoms. The van der Waals surface area contributed by atoms with Crippen LogP contribution in [0.25, 0.3) is 22.3 Å². The summed E-state index contributed by atoms with van der Waals surface area (Å²) in [5, 5.41) is 0.351. The highest BCUT2D eigenvalue weighted by molar-refractivity contribution is 5.82. The second-order valence-electron chi connectivity index (χ2n) is 6.48. The lowest BCUT2D eigenvalue weighted by Crippen LogP contribution is -2.21. The van der Waals surface area contributed by atoms with Crippen LogP contribution in [0.3, 0.4) is 0 Å². The minimum atomic E-state index is -0.578. The molecule has 29 heavy (non-hydrogen) atoms. The third kappa shape index (κ3) is 4.34. The maximum absolute atomic E-state index is 13.0. The van der Waals surface area contributed by atoms with E-state index in [9.17, 15) is 9.59 Å². The zero-order chi connectivity index (χ0) is 21.0. The van der Waals surface area contributed by atoms with Crippen LogP contribution < -0.4 is 19.6 Å². The molecule has 3 rings (SSSR count). The fourth-order valence-electron chi connectivity index (χ4n) is 2.85. The molecule has 1 heterocycles. The van der Waals surface area contributed by atoms with Crippen LogP contribution >= 0.6 is 0 Å². The fraction of sp³-hybridized carbons (Fsp3) is 0.273. The van der Waals surface area contributed by atoms with Crippen molar-refractivity contribution >= 4 is 16.9 Å². The Morgan fingerprint density at radius 3 is 2.45 bits per heavy atom. The summed E-state index contributed by atoms with van der Waals surface area (Å²) >= 11 is 0. The molecule has 0 spiro atoms. The largest absolute Gasteiger partial charge is 0.493 e. The van der Waals surface area contributed by atoms with Crippen LogP contribution in [0.15, 0.2) is 51.7 Å². The zero-order valence-corrected chi connectivity index (χ0v) is 16.7. The molecule has 0 unspecified atom stereocenters. The molecule has 0 saturated carbocycles. The second-order valence-corrected chi connectivity index (χ2v) is 6.48. The Morgan fingerprint density at radius 1 is 1.03 bits per heavy atom. The molecule has 0 aliphatic carbocycles. The van der Waals surface area contributed by atoms with Crippen molar-refractivity contribution in [2.24, 2.45) is 0 Å². The van der Waals surface area contributed by atoms with Crippen LogP contribution in [-0.2, 0) is 9.53 Å². The maximum atomic E-state index is 13.0. The van der Waals surface area contributed by atoms with E-state index in [0.717, 1.165) is 0 Å². The van der Waals surface area contributed by atoms with Gasteiger partial charge in [0.05, 0.1) is 25.7 Å². The Labute approximate surface area is 167 Å². The van der Waals surface area contributed by atoms with Crippen LogP contribution in [0.4, 0.5) is 0 Å². The summed E-state index contributed by atoms with van der Waals surface area (Å²) in [6.45, 7) is 3.05. The average Bonchev–Trinajstić information content (AvgIpc) is 2.72. The SMILES string of the molecule is COc1ccc(-c2oc3ccccc3c(=O)c2OCC(=O)OC(C)C)cc1OC. The number of carbonyl (C=O) groups is 1. The van der Waals surface area contributed by atoms with Crippen molar-refractivity contribution < 1.29 is 28.2 Å². The molecule has 0 fully saturated rings. The third-order valence-electron chi connectivity index (χ3n) is 4.10. The number of benzene rings is 2. The number of methoxy groups -OCH3 is 2. The van der Waals surface area contributed by atoms with E-state index >= 15 is 0 Å². The Balaban J connectivity index is 2.12. The van der Waals surface area contributed by atoms with Gasteiger partial charge in [-0.1, -0.05) is 12.1 Å². The lowest BCUT2D eigenvalue weighted by molar-refractivity contribution is -0.149. The van der Waals surface area contributed by atoms with Gasteiger partial charge in [0.1, 0.15) is 5.58 Å². The normalized spacial score (nSPS) is 10.8. The summed E-state index contributed by atoms with van der Waals surface area (Å²) in [7, 11) is 3.04. The predicted molar refractivity (Wildman–Crippen MR) is 108 cm³/mol. The second kappa shape index (κ2) is 8.68. The molecule has 152 valence electrons. The Hall–Kier alpha value is -3.48. The number of rotatable bonds is 7. The minimum absolute atomic E-state index is 0.0726. The zero-order valence-electron chi connectivity index (χ0n) is 16.7. The van der Waals surface area contributed by atoms with Gasteiger partial charge in [0.2, 0.25) is 11.2 Å². The van der Waals surface area contributed by atoms with Crippen molar-refractivity contribution in [3.8, 4) is 28.6 Å². The predicted octanol–water partition coefficient (Wildman–Crippen LogP) is 3.81. The lowest BCUT2D eigenvalue weighted by atomic mass is 10.1. The average molecular weight is 398 g/mol. The van der Waals surface area contributed by atoms with Crippen molar-refractivity contribution in [3.63, 3.8) is 0 Å². The molecule has 0 N–H and O–H groups in total. The Kier molecular flexibility index (Phi) is 6.07. The number of hydrogen-bond donors (Lipinski definition) is 0. The molecule has 7 heteroatoms. The molecule has 0 aliphatic heterocycles. The summed E-state index contributed by atoms with van der Waals surface area (Å²) < 4.78 is 27.2. The van der Waals surface area contributed by atoms with E-state index in [4.69, 9.17) is 23.4 Å². The fourth-order valence-corrected chi connectivity index (χ4v) is 2.85. The lowest BCUT2D eigenvalue weighted by Gasteiger charge is -2.14. The van der Waals surface area contributed by atoms with Gasteiger partial charge >= 0.3 is 5.97 Å². The van der Waals surface area contributed by atoms with Gasteiger partial charge in [-0.05, 0) is 44.2 Å². The van der Waals surface area contributed by atoms with E-state index in [0.29, 0.717) is 28.0 Å². The minimum Gasteiger partial charge on any atom is -0.493 e. The van der Waals surface area contributed by atoms with Crippen molar-refractivity contribution in [1.29, 1.82) is 0 Å². The van der Waals surface area contributed by atoms with Crippen LogP contribution in [-0.4, -0.2) is 32.9 Å². The molecule has 0 aliphatic rings. The molecule has 7 nitrogen and oxygen atoms in total. The molecule has 3 aromatic rings. The number of esters is 1. The van der Waals surface area contributed by atoms with Crippen molar-refractivity contribution in [2.45, 2.75) is 20.0 Å². The summed E-state index contributed by atoms with van der Waals surface area (Å²) in [5.41, 5.74) is 0.561. The summed E-state index contributed by atoms with van der Waals surface area (Å²) in [6.07, 6.45) is -0.288. The van der Waals surface area contributed by atoms with Gasteiger partial charge in [-0.25, -0.2) is 4.79 Å². The number of fused-ring (bicyclic) bond motifs is 1. The molecule has 1 aromatic heterocycles. The van der Waals surface area contributed by atoms with Crippen LogP contribution in [0.1, 0.15) is 13.8 Å². The monoisotopic (exact) mass is 398 g/mol. The standard InChI is InChI=1S/C22H22O7/c1-13(2)28-19(23)12-27-22-20(24)15-7-5-6-8-16(15)29-21(22)14-9-10-17(25-3)18(11-14)26-4/h5-11,13H,12H2,1-4H3. The van der Waals surface area contributed by atoms with Crippen molar-refractivity contribution in [2.75, 3.05) is 20.8 Å². The number of para-hydroxylation sites is 1. The molecule has 0 radical (unpaired) electrons. The van der Waals surface area contributed by atoms with Crippen molar-refractivity contribution in [3.05, 3.63) is 52.7 Å². The number of hydrogen-bond acceptors (Lipinski definition) is 7. The Morgan fingerprint density at radius 2 is 1.76 bits per heavy atom. The van der Waals surface area contributed by atoms with Crippen LogP contribution in [0.5, 0.6) is 17.2 Å². The van der Waals surface area contributed by atoms with E-state index in [-0.39, 0.29) is 23.0 Å². The van der Waals surface area contributed by atoms with Gasteiger partial charge in [-0.3, -0.25) is 4.79 Å². The van der Waals surface area contributed by atoms with E-state index in [1.165, 1.54) is 14.2 Å². The van der Waals surface area contributed by atoms with E-state index < -0.39 is 12.6 Å². The summed E-state index contributed by atoms with van der Waals surface area (Å²) in [6, 6.07) is 11.9. The highest BCUT2D eigenvalue weighted by Gasteiger charge is 2.20. The number of carbonyl (C=O) groups excluding carboxylic acids is 1. The quantitative estimate of drug-likeness (QED) is 0.560. The molecular weight excluding hydrogens is 376 g/mol.